The molecule has 4 aromatic carbocycles. The predicted molar refractivity (Wildman–Crippen MR) is 166 cm³/mol. The molecule has 4 heteroatoms. The number of hydrogen-bond acceptors (Lipinski definition) is 2. The molecule has 1 heterocycles. The van der Waals surface area contributed by atoms with Gasteiger partial charge in [0.15, 0.2) is 5.84 Å². The first-order valence-corrected chi connectivity index (χ1v) is 13.5. The summed E-state index contributed by atoms with van der Waals surface area (Å²) in [7, 11) is 2.01. The molecule has 1 aromatic heterocycles. The van der Waals surface area contributed by atoms with E-state index in [2.05, 4.69) is 56.2 Å². The Labute approximate surface area is 230 Å². The Bertz CT molecular complexity index is 1720. The Kier molecular flexibility index (Phi) is 7.47. The van der Waals surface area contributed by atoms with Crippen LogP contribution < -0.4 is 0 Å². The summed E-state index contributed by atoms with van der Waals surface area (Å²) in [5.74, 6) is 1.50. The Morgan fingerprint density at radius 1 is 0.923 bits per heavy atom. The maximum absolute atomic E-state index is 9.17. The SMILES string of the molecule is C=CC[C@H](CC)[C@H](C)C(=C)N(C)/C(=N\C(=N)c1cccc2ccccc12)c1cccc2oc3ccccc3c12. The molecule has 4 nitrogen and oxygen atoms in total. The van der Waals surface area contributed by atoms with E-state index in [4.69, 9.17) is 9.41 Å². The van der Waals surface area contributed by atoms with Crippen molar-refractivity contribution < 1.29 is 4.42 Å². The molecule has 0 spiro atoms. The lowest BCUT2D eigenvalue weighted by atomic mass is 9.86. The number of rotatable bonds is 8. The van der Waals surface area contributed by atoms with Gasteiger partial charge in [0.05, 0.1) is 0 Å². The molecule has 0 saturated carbocycles. The Morgan fingerprint density at radius 2 is 1.56 bits per heavy atom. The third-order valence-electron chi connectivity index (χ3n) is 7.88. The van der Waals surface area contributed by atoms with Crippen LogP contribution in [0.3, 0.4) is 0 Å². The van der Waals surface area contributed by atoms with Crippen LogP contribution in [0.2, 0.25) is 0 Å². The average molecular weight is 514 g/mol. The minimum absolute atomic E-state index is 0.204. The molecule has 2 atom stereocenters. The summed E-state index contributed by atoms with van der Waals surface area (Å²) in [6, 6.07) is 28.3. The first kappa shape index (κ1) is 26.2. The van der Waals surface area contributed by atoms with Crippen LogP contribution in [0.15, 0.2) is 119 Å². The number of para-hydroxylation sites is 1. The van der Waals surface area contributed by atoms with Crippen LogP contribution in [0.25, 0.3) is 32.7 Å². The summed E-state index contributed by atoms with van der Waals surface area (Å²) in [6.07, 6.45) is 3.94. The highest BCUT2D eigenvalue weighted by Gasteiger charge is 2.25. The highest BCUT2D eigenvalue weighted by atomic mass is 16.3. The normalized spacial score (nSPS) is 13.5. The molecule has 0 bridgehead atoms. The highest BCUT2D eigenvalue weighted by Crippen LogP contribution is 2.34. The van der Waals surface area contributed by atoms with Crippen molar-refractivity contribution in [2.75, 3.05) is 7.05 Å². The second kappa shape index (κ2) is 11.1. The van der Waals surface area contributed by atoms with E-state index in [0.29, 0.717) is 11.8 Å². The number of aliphatic imine (C=N–C) groups is 1. The molecule has 39 heavy (non-hydrogen) atoms. The van der Waals surface area contributed by atoms with Crippen LogP contribution >= 0.6 is 0 Å². The number of furan rings is 1. The smallest absolute Gasteiger partial charge is 0.154 e. The van der Waals surface area contributed by atoms with E-state index >= 15 is 0 Å². The van der Waals surface area contributed by atoms with Gasteiger partial charge < -0.3 is 9.32 Å². The molecule has 5 aromatic rings. The molecule has 196 valence electrons. The zero-order valence-electron chi connectivity index (χ0n) is 22.9. The number of benzene rings is 4. The number of allylic oxidation sites excluding steroid dienone is 2. The van der Waals surface area contributed by atoms with Gasteiger partial charge in [0.2, 0.25) is 0 Å². The molecule has 0 amide bonds. The lowest BCUT2D eigenvalue weighted by Crippen LogP contribution is -2.32. The summed E-state index contributed by atoms with van der Waals surface area (Å²) >= 11 is 0. The summed E-state index contributed by atoms with van der Waals surface area (Å²) in [4.78, 5) is 7.10. The minimum atomic E-state index is 0.204. The van der Waals surface area contributed by atoms with Gasteiger partial charge in [-0.25, -0.2) is 4.99 Å². The summed E-state index contributed by atoms with van der Waals surface area (Å²) in [5, 5.41) is 13.3. The highest BCUT2D eigenvalue weighted by molar-refractivity contribution is 6.22. The zero-order valence-corrected chi connectivity index (χ0v) is 22.9. The van der Waals surface area contributed by atoms with Crippen LogP contribution in [-0.2, 0) is 0 Å². The van der Waals surface area contributed by atoms with Crippen molar-refractivity contribution in [2.45, 2.75) is 26.7 Å². The van der Waals surface area contributed by atoms with Crippen molar-refractivity contribution in [3.63, 3.8) is 0 Å². The van der Waals surface area contributed by atoms with E-state index < -0.39 is 0 Å². The molecule has 0 unspecified atom stereocenters. The number of nitrogens with zero attached hydrogens (tertiary/aromatic N) is 2. The van der Waals surface area contributed by atoms with Crippen molar-refractivity contribution >= 4 is 44.4 Å². The monoisotopic (exact) mass is 513 g/mol. The van der Waals surface area contributed by atoms with Crippen LogP contribution in [0, 0.1) is 17.2 Å². The van der Waals surface area contributed by atoms with Gasteiger partial charge in [-0.1, -0.05) is 106 Å². The first-order valence-electron chi connectivity index (χ1n) is 13.5. The summed E-state index contributed by atoms with van der Waals surface area (Å²) in [6.45, 7) is 12.9. The van der Waals surface area contributed by atoms with Gasteiger partial charge in [-0.3, -0.25) is 5.41 Å². The van der Waals surface area contributed by atoms with Crippen molar-refractivity contribution in [1.29, 1.82) is 5.41 Å². The maximum Gasteiger partial charge on any atom is 0.154 e. The molecule has 0 fully saturated rings. The van der Waals surface area contributed by atoms with Gasteiger partial charge in [0, 0.05) is 34.6 Å². The van der Waals surface area contributed by atoms with Crippen molar-refractivity contribution in [1.82, 2.24) is 4.90 Å². The molecule has 0 aliphatic carbocycles. The molecule has 0 saturated heterocycles. The van der Waals surface area contributed by atoms with Crippen molar-refractivity contribution in [2.24, 2.45) is 16.8 Å². The van der Waals surface area contributed by atoms with E-state index in [1.807, 2.05) is 73.8 Å². The van der Waals surface area contributed by atoms with E-state index in [1.165, 1.54) is 0 Å². The number of fused-ring (bicyclic) bond motifs is 4. The Balaban J connectivity index is 1.70. The van der Waals surface area contributed by atoms with E-state index in [9.17, 15) is 5.41 Å². The molecule has 0 aliphatic heterocycles. The third kappa shape index (κ3) is 4.90. The van der Waals surface area contributed by atoms with Crippen molar-refractivity contribution in [3.05, 3.63) is 121 Å². The van der Waals surface area contributed by atoms with Gasteiger partial charge in [-0.15, -0.1) is 6.58 Å². The van der Waals surface area contributed by atoms with Crippen molar-refractivity contribution in [3.8, 4) is 0 Å². The van der Waals surface area contributed by atoms with E-state index in [-0.39, 0.29) is 11.8 Å². The third-order valence-corrected chi connectivity index (χ3v) is 7.88. The fourth-order valence-corrected chi connectivity index (χ4v) is 5.53. The molecule has 1 N–H and O–H groups in total. The van der Waals surface area contributed by atoms with E-state index in [1.54, 1.807) is 0 Å². The number of amidine groups is 2. The largest absolute Gasteiger partial charge is 0.456 e. The first-order chi connectivity index (χ1) is 18.9. The van der Waals surface area contributed by atoms with Crippen LogP contribution in [0.4, 0.5) is 0 Å². The maximum atomic E-state index is 9.17. The molecule has 0 radical (unpaired) electrons. The second-order valence-electron chi connectivity index (χ2n) is 10.1. The second-order valence-corrected chi connectivity index (χ2v) is 10.1. The van der Waals surface area contributed by atoms with Gasteiger partial charge in [-0.2, -0.15) is 0 Å². The van der Waals surface area contributed by atoms with Gasteiger partial charge >= 0.3 is 0 Å². The summed E-state index contributed by atoms with van der Waals surface area (Å²) < 4.78 is 6.21. The topological polar surface area (TPSA) is 52.6 Å². The van der Waals surface area contributed by atoms with E-state index in [0.717, 1.165) is 62.4 Å². The molecule has 0 aliphatic rings. The fraction of sp³-hybridized carbons (Fsp3) is 0.200. The fourth-order valence-electron chi connectivity index (χ4n) is 5.53. The van der Waals surface area contributed by atoms with Crippen LogP contribution in [0.5, 0.6) is 0 Å². The molecular formula is C35H35N3O. The lowest BCUT2D eigenvalue weighted by Gasteiger charge is -2.32. The lowest BCUT2D eigenvalue weighted by molar-refractivity contribution is 0.351. The Morgan fingerprint density at radius 3 is 2.33 bits per heavy atom. The zero-order chi connectivity index (χ0) is 27.5. The van der Waals surface area contributed by atoms with Gasteiger partial charge in [0.1, 0.15) is 17.0 Å². The standard InChI is InChI=1S/C35H35N3O/c1-6-14-25(7-2)23(3)24(4)38(5)35(37-34(36)28-19-12-16-26-15-8-9-17-27(26)28)30-20-13-22-32-33(30)29-18-10-11-21-31(29)39-32/h6,8-13,15-23,25,36H,1,4,7,14H2,2-3,5H3/b36-34?,37-35-/t23-,25+/m1/s1. The number of nitrogens with one attached hydrogen (secondary N) is 1. The van der Waals surface area contributed by atoms with Crippen LogP contribution in [-0.4, -0.2) is 23.6 Å². The molecule has 5 rings (SSSR count). The Hall–Kier alpha value is -4.44. The van der Waals surface area contributed by atoms with Gasteiger partial charge in [0.25, 0.3) is 0 Å². The predicted octanol–water partition coefficient (Wildman–Crippen LogP) is 9.20. The van der Waals surface area contributed by atoms with Crippen LogP contribution in [0.1, 0.15) is 37.8 Å². The minimum Gasteiger partial charge on any atom is -0.456 e. The quantitative estimate of drug-likeness (QED) is 0.128. The number of hydrogen-bond donors (Lipinski definition) is 1. The average Bonchev–Trinajstić information content (AvgIpc) is 3.36. The van der Waals surface area contributed by atoms with Gasteiger partial charge in [-0.05, 0) is 41.2 Å². The summed E-state index contributed by atoms with van der Waals surface area (Å²) in [5.41, 5.74) is 4.28. The molecular weight excluding hydrogens is 478 g/mol.